The van der Waals surface area contributed by atoms with Crippen LogP contribution in [0.1, 0.15) is 23.2 Å². The number of nitrogens with zero attached hydrogens (tertiary/aromatic N) is 3. The van der Waals surface area contributed by atoms with Gasteiger partial charge in [0.2, 0.25) is 0 Å². The van der Waals surface area contributed by atoms with Crippen molar-refractivity contribution in [3.05, 3.63) is 70.7 Å². The Morgan fingerprint density at radius 2 is 1.83 bits per heavy atom. The fraction of sp³-hybridized carbons (Fsp3) is 0.261. The summed E-state index contributed by atoms with van der Waals surface area (Å²) in [5.74, 6) is -0.226. The summed E-state index contributed by atoms with van der Waals surface area (Å²) >= 11 is 0. The molecule has 2 aromatic heterocycles. The van der Waals surface area contributed by atoms with E-state index in [4.69, 9.17) is 14.1 Å². The van der Waals surface area contributed by atoms with Crippen molar-refractivity contribution in [2.75, 3.05) is 24.6 Å². The van der Waals surface area contributed by atoms with Crippen LogP contribution in [0.15, 0.2) is 63.8 Å². The first-order valence-corrected chi connectivity index (χ1v) is 10.1. The van der Waals surface area contributed by atoms with E-state index in [9.17, 15) is 9.59 Å². The molecule has 152 valence electrons. The van der Waals surface area contributed by atoms with Gasteiger partial charge in [0.05, 0.1) is 17.6 Å². The fourth-order valence-corrected chi connectivity index (χ4v) is 3.96. The number of pyridine rings is 1. The van der Waals surface area contributed by atoms with Crippen molar-refractivity contribution in [1.82, 2.24) is 9.55 Å². The average molecular weight is 403 g/mol. The van der Waals surface area contributed by atoms with Gasteiger partial charge in [-0.05, 0) is 37.1 Å². The molecule has 7 heteroatoms. The average Bonchev–Trinajstić information content (AvgIpc) is 3.41. The summed E-state index contributed by atoms with van der Waals surface area (Å²) in [6.45, 7) is 2.04. The third kappa shape index (κ3) is 3.32. The van der Waals surface area contributed by atoms with Crippen molar-refractivity contribution >= 4 is 33.8 Å². The maximum Gasteiger partial charge on any atom is 0.420 e. The summed E-state index contributed by atoms with van der Waals surface area (Å²) in [6, 6.07) is 16.8. The molecular formula is C23H21N3O4. The molecule has 0 amide bonds. The van der Waals surface area contributed by atoms with E-state index in [1.54, 1.807) is 12.1 Å². The lowest BCUT2D eigenvalue weighted by Gasteiger charge is -2.20. The van der Waals surface area contributed by atoms with Gasteiger partial charge in [0, 0.05) is 18.5 Å². The number of hydrogen-bond donors (Lipinski definition) is 0. The lowest BCUT2D eigenvalue weighted by molar-refractivity contribution is 0.0491. The smallest absolute Gasteiger partial charge is 0.420 e. The minimum absolute atomic E-state index is 0.0640. The molecular weight excluding hydrogens is 382 g/mol. The molecule has 5 rings (SSSR count). The first kappa shape index (κ1) is 18.4. The Labute approximate surface area is 172 Å². The van der Waals surface area contributed by atoms with E-state index in [1.165, 1.54) is 4.57 Å². The summed E-state index contributed by atoms with van der Waals surface area (Å²) in [6.07, 6.45) is 2.17. The molecule has 3 heterocycles. The Hall–Kier alpha value is -3.61. The zero-order valence-corrected chi connectivity index (χ0v) is 16.4. The molecule has 0 bridgehead atoms. The van der Waals surface area contributed by atoms with Crippen LogP contribution in [0, 0.1) is 0 Å². The predicted octanol–water partition coefficient (Wildman–Crippen LogP) is 3.60. The topological polar surface area (TPSA) is 77.6 Å². The van der Waals surface area contributed by atoms with Crippen molar-refractivity contribution in [3.8, 4) is 0 Å². The molecule has 1 saturated heterocycles. The number of oxazole rings is 1. The van der Waals surface area contributed by atoms with Crippen LogP contribution in [0.2, 0.25) is 0 Å². The number of rotatable bonds is 5. The zero-order valence-electron chi connectivity index (χ0n) is 16.4. The molecule has 1 aliphatic heterocycles. The van der Waals surface area contributed by atoms with Crippen molar-refractivity contribution in [1.29, 1.82) is 0 Å². The van der Waals surface area contributed by atoms with Crippen LogP contribution in [-0.2, 0) is 11.3 Å². The number of aromatic nitrogens is 2. The molecule has 1 aliphatic rings. The van der Waals surface area contributed by atoms with Gasteiger partial charge in [0.15, 0.2) is 5.58 Å². The van der Waals surface area contributed by atoms with Gasteiger partial charge in [-0.15, -0.1) is 0 Å². The highest BCUT2D eigenvalue weighted by Crippen LogP contribution is 2.27. The van der Waals surface area contributed by atoms with Crippen LogP contribution in [-0.4, -0.2) is 35.2 Å². The molecule has 2 aromatic carbocycles. The highest BCUT2D eigenvalue weighted by Gasteiger charge is 2.23. The van der Waals surface area contributed by atoms with Gasteiger partial charge < -0.3 is 14.1 Å². The summed E-state index contributed by atoms with van der Waals surface area (Å²) in [4.78, 5) is 31.9. The van der Waals surface area contributed by atoms with Crippen LogP contribution < -0.4 is 10.7 Å². The largest absolute Gasteiger partial charge is 0.460 e. The fourth-order valence-electron chi connectivity index (χ4n) is 3.96. The van der Waals surface area contributed by atoms with Crippen LogP contribution >= 0.6 is 0 Å². The maximum atomic E-state index is 12.9. The molecule has 0 N–H and O–H groups in total. The van der Waals surface area contributed by atoms with Gasteiger partial charge in [-0.25, -0.2) is 14.6 Å². The van der Waals surface area contributed by atoms with Gasteiger partial charge in [-0.2, -0.15) is 0 Å². The van der Waals surface area contributed by atoms with Crippen molar-refractivity contribution < 1.29 is 13.9 Å². The minimum Gasteiger partial charge on any atom is -0.460 e. The van der Waals surface area contributed by atoms with Crippen molar-refractivity contribution in [2.24, 2.45) is 0 Å². The number of anilines is 1. The Kier molecular flexibility index (Phi) is 4.71. The lowest BCUT2D eigenvalue weighted by atomic mass is 10.1. The summed E-state index contributed by atoms with van der Waals surface area (Å²) in [5.41, 5.74) is 2.51. The number of ether oxygens (including phenoxy) is 1. The summed E-state index contributed by atoms with van der Waals surface area (Å²) in [7, 11) is 0. The standard InChI is InChI=1S/C23H21N3O4/c27-22(29-14-13-26-19-9-3-4-10-20(19)30-23(26)28)17-15-16-7-1-2-8-18(16)24-21(17)25-11-5-6-12-25/h1-4,7-10,15H,5-6,11-14H2. The van der Waals surface area contributed by atoms with Gasteiger partial charge in [0.25, 0.3) is 0 Å². The van der Waals surface area contributed by atoms with Gasteiger partial charge in [-0.1, -0.05) is 30.3 Å². The van der Waals surface area contributed by atoms with Crippen LogP contribution in [0.3, 0.4) is 0 Å². The van der Waals surface area contributed by atoms with Gasteiger partial charge >= 0.3 is 11.7 Å². The van der Waals surface area contributed by atoms with Gasteiger partial charge in [0.1, 0.15) is 18.0 Å². The predicted molar refractivity (Wildman–Crippen MR) is 114 cm³/mol. The number of esters is 1. The zero-order chi connectivity index (χ0) is 20.5. The molecule has 0 radical (unpaired) electrons. The number of carbonyl (C=O) groups excluding carboxylic acids is 1. The second kappa shape index (κ2) is 7.67. The number of fused-ring (bicyclic) bond motifs is 2. The number of carbonyl (C=O) groups is 1. The highest BCUT2D eigenvalue weighted by atomic mass is 16.5. The molecule has 1 fully saturated rings. The molecule has 0 saturated carbocycles. The van der Waals surface area contributed by atoms with Crippen LogP contribution in [0.5, 0.6) is 0 Å². The molecule has 4 aromatic rings. The lowest BCUT2D eigenvalue weighted by Crippen LogP contribution is -2.24. The SMILES string of the molecule is O=C(OCCn1c(=O)oc2ccccc21)c1cc2ccccc2nc1N1CCCC1. The Morgan fingerprint density at radius 1 is 1.07 bits per heavy atom. The highest BCUT2D eigenvalue weighted by molar-refractivity contribution is 5.99. The Morgan fingerprint density at radius 3 is 2.70 bits per heavy atom. The number of benzene rings is 2. The number of para-hydroxylation sites is 3. The second-order valence-electron chi connectivity index (χ2n) is 7.37. The van der Waals surface area contributed by atoms with Crippen molar-refractivity contribution in [3.63, 3.8) is 0 Å². The molecule has 0 spiro atoms. The van der Waals surface area contributed by atoms with E-state index in [0.717, 1.165) is 36.8 Å². The molecule has 0 atom stereocenters. The van der Waals surface area contributed by atoms with E-state index >= 15 is 0 Å². The molecule has 0 unspecified atom stereocenters. The first-order valence-electron chi connectivity index (χ1n) is 10.1. The van der Waals surface area contributed by atoms with E-state index in [1.807, 2.05) is 42.5 Å². The van der Waals surface area contributed by atoms with E-state index in [0.29, 0.717) is 22.5 Å². The van der Waals surface area contributed by atoms with Crippen LogP contribution in [0.25, 0.3) is 22.0 Å². The van der Waals surface area contributed by atoms with E-state index < -0.39 is 11.7 Å². The maximum absolute atomic E-state index is 12.9. The monoisotopic (exact) mass is 403 g/mol. The third-order valence-corrected chi connectivity index (χ3v) is 5.45. The molecule has 7 nitrogen and oxygen atoms in total. The van der Waals surface area contributed by atoms with Crippen molar-refractivity contribution in [2.45, 2.75) is 19.4 Å². The number of hydrogen-bond acceptors (Lipinski definition) is 6. The van der Waals surface area contributed by atoms with Crippen LogP contribution in [0.4, 0.5) is 5.82 Å². The summed E-state index contributed by atoms with van der Waals surface area (Å²) < 4.78 is 12.2. The minimum atomic E-state index is -0.461. The van der Waals surface area contributed by atoms with Gasteiger partial charge in [-0.3, -0.25) is 4.57 Å². The Bertz CT molecular complexity index is 1280. The molecule has 0 aliphatic carbocycles. The quantitative estimate of drug-likeness (QED) is 0.474. The second-order valence-corrected chi connectivity index (χ2v) is 7.37. The normalized spacial score (nSPS) is 13.9. The third-order valence-electron chi connectivity index (χ3n) is 5.45. The van der Waals surface area contributed by atoms with E-state index in [2.05, 4.69) is 4.90 Å². The molecule has 30 heavy (non-hydrogen) atoms. The summed E-state index contributed by atoms with van der Waals surface area (Å²) in [5, 5.41) is 0.893. The van der Waals surface area contributed by atoms with E-state index in [-0.39, 0.29) is 13.2 Å². The Balaban J connectivity index is 1.39. The first-order chi connectivity index (χ1) is 14.7.